The van der Waals surface area contributed by atoms with Crippen LogP contribution in [0, 0.1) is 6.92 Å². The van der Waals surface area contributed by atoms with Crippen molar-refractivity contribution >= 4 is 17.3 Å². The van der Waals surface area contributed by atoms with Crippen molar-refractivity contribution in [2.45, 2.75) is 32.9 Å². The molecule has 0 aliphatic carbocycles. The summed E-state index contributed by atoms with van der Waals surface area (Å²) in [5, 5.41) is 6.55. The molecule has 0 bridgehead atoms. The molecule has 3 rings (SSSR count). The molecule has 6 heteroatoms. The third-order valence-electron chi connectivity index (χ3n) is 3.92. The van der Waals surface area contributed by atoms with Gasteiger partial charge in [0.05, 0.1) is 23.8 Å². The third-order valence-corrected chi connectivity index (χ3v) is 4.74. The van der Waals surface area contributed by atoms with E-state index < -0.39 is 0 Å². The molecule has 1 atom stereocenters. The van der Waals surface area contributed by atoms with E-state index in [1.807, 2.05) is 26.1 Å². The normalized spacial score (nSPS) is 16.6. The van der Waals surface area contributed by atoms with Gasteiger partial charge >= 0.3 is 0 Å². The number of nitrogens with zero attached hydrogens (tertiary/aromatic N) is 3. The van der Waals surface area contributed by atoms with Gasteiger partial charge in [-0.05, 0) is 25.5 Å². The van der Waals surface area contributed by atoms with Crippen molar-refractivity contribution in [1.29, 1.82) is 0 Å². The predicted molar refractivity (Wildman–Crippen MR) is 98.9 cm³/mol. The largest absolute Gasteiger partial charge is 0.488 e. The minimum atomic E-state index is 0.117. The number of benzene rings is 1. The minimum absolute atomic E-state index is 0.117. The van der Waals surface area contributed by atoms with Crippen molar-refractivity contribution in [2.24, 2.45) is 4.99 Å². The van der Waals surface area contributed by atoms with Gasteiger partial charge in [-0.15, -0.1) is 11.3 Å². The van der Waals surface area contributed by atoms with E-state index in [9.17, 15) is 0 Å². The summed E-state index contributed by atoms with van der Waals surface area (Å²) >= 11 is 1.68. The van der Waals surface area contributed by atoms with E-state index in [0.29, 0.717) is 6.54 Å². The fourth-order valence-electron chi connectivity index (χ4n) is 2.81. The van der Waals surface area contributed by atoms with Gasteiger partial charge in [-0.25, -0.2) is 9.98 Å². The third kappa shape index (κ3) is 4.06. The molecule has 24 heavy (non-hydrogen) atoms. The molecule has 128 valence electrons. The summed E-state index contributed by atoms with van der Waals surface area (Å²) in [5.41, 5.74) is 2.35. The van der Waals surface area contributed by atoms with E-state index >= 15 is 0 Å². The lowest BCUT2D eigenvalue weighted by atomic mass is 10.1. The lowest BCUT2D eigenvalue weighted by Gasteiger charge is -2.21. The summed E-state index contributed by atoms with van der Waals surface area (Å²) in [4.78, 5) is 11.4. The Morgan fingerprint density at radius 3 is 3.00 bits per heavy atom. The summed E-state index contributed by atoms with van der Waals surface area (Å²) in [5.74, 6) is 1.89. The zero-order valence-corrected chi connectivity index (χ0v) is 15.3. The number of hydrogen-bond donors (Lipinski definition) is 1. The second-order valence-corrected chi connectivity index (χ2v) is 7.02. The van der Waals surface area contributed by atoms with E-state index in [4.69, 9.17) is 9.73 Å². The molecule has 2 heterocycles. The quantitative estimate of drug-likeness (QED) is 0.669. The van der Waals surface area contributed by atoms with E-state index in [1.54, 1.807) is 11.3 Å². The smallest absolute Gasteiger partial charge is 0.194 e. The van der Waals surface area contributed by atoms with E-state index in [2.05, 4.69) is 39.6 Å². The Balaban J connectivity index is 1.61. The number of fused-ring (bicyclic) bond motifs is 1. The number of aryl methyl sites for hydroxylation is 1. The highest BCUT2D eigenvalue weighted by atomic mass is 32.1. The van der Waals surface area contributed by atoms with Crippen LogP contribution in [0.25, 0.3) is 0 Å². The Morgan fingerprint density at radius 1 is 1.46 bits per heavy atom. The zero-order valence-electron chi connectivity index (χ0n) is 14.5. The summed E-state index contributed by atoms with van der Waals surface area (Å²) in [6.45, 7) is 6.35. The molecule has 0 spiro atoms. The van der Waals surface area contributed by atoms with Crippen LogP contribution < -0.4 is 10.1 Å². The van der Waals surface area contributed by atoms with E-state index in [0.717, 1.165) is 41.9 Å². The molecular weight excluding hydrogens is 320 g/mol. The summed E-state index contributed by atoms with van der Waals surface area (Å²) in [6.07, 6.45) is 1.04. The lowest BCUT2D eigenvalue weighted by Crippen LogP contribution is -2.39. The molecule has 1 aromatic carbocycles. The fourth-order valence-corrected chi connectivity index (χ4v) is 3.42. The molecule has 0 saturated heterocycles. The number of rotatable bonds is 5. The van der Waals surface area contributed by atoms with Crippen LogP contribution in [-0.2, 0) is 13.0 Å². The Morgan fingerprint density at radius 2 is 2.29 bits per heavy atom. The molecule has 5 nitrogen and oxygen atoms in total. The Kier molecular flexibility index (Phi) is 5.35. The van der Waals surface area contributed by atoms with Crippen molar-refractivity contribution in [2.75, 3.05) is 20.1 Å². The Labute approximate surface area is 147 Å². The first-order valence-corrected chi connectivity index (χ1v) is 9.18. The van der Waals surface area contributed by atoms with Gasteiger partial charge in [-0.2, -0.15) is 0 Å². The van der Waals surface area contributed by atoms with Crippen LogP contribution in [-0.4, -0.2) is 42.1 Å². The Bertz CT molecular complexity index is 688. The molecule has 0 fully saturated rings. The lowest BCUT2D eigenvalue weighted by molar-refractivity contribution is 0.241. The average molecular weight is 344 g/mol. The predicted octanol–water partition coefficient (Wildman–Crippen LogP) is 2.85. The highest BCUT2D eigenvalue weighted by molar-refractivity contribution is 7.09. The number of ether oxygens (including phenoxy) is 1. The standard InChI is InChI=1S/C18H24N4OS/c1-4-19-18(22(3)11-15-12-24-13(2)21-15)20-10-16-9-14-7-5-6-8-17(14)23-16/h5-8,12,16H,4,9-11H2,1-3H3,(H,19,20). The van der Waals surface area contributed by atoms with Gasteiger partial charge in [-0.3, -0.25) is 0 Å². The molecule has 0 amide bonds. The SMILES string of the molecule is CCNC(=NCC1Cc2ccccc2O1)N(C)Cc1csc(C)n1. The van der Waals surface area contributed by atoms with Gasteiger partial charge < -0.3 is 15.0 Å². The van der Waals surface area contributed by atoms with Crippen molar-refractivity contribution in [3.8, 4) is 5.75 Å². The zero-order chi connectivity index (χ0) is 16.9. The highest BCUT2D eigenvalue weighted by Gasteiger charge is 2.22. The van der Waals surface area contributed by atoms with Crippen LogP contribution in [0.1, 0.15) is 23.2 Å². The first-order chi connectivity index (χ1) is 11.7. The summed E-state index contributed by atoms with van der Waals surface area (Å²) < 4.78 is 5.97. The number of aliphatic imine (C=N–C) groups is 1. The van der Waals surface area contributed by atoms with Crippen molar-refractivity contribution in [3.05, 3.63) is 45.9 Å². The first kappa shape index (κ1) is 16.8. The molecule has 1 unspecified atom stereocenters. The van der Waals surface area contributed by atoms with Crippen LogP contribution in [0.4, 0.5) is 0 Å². The number of guanidine groups is 1. The fraction of sp³-hybridized carbons (Fsp3) is 0.444. The second kappa shape index (κ2) is 7.66. The number of para-hydroxylation sites is 1. The van der Waals surface area contributed by atoms with Crippen LogP contribution in [0.3, 0.4) is 0 Å². The van der Waals surface area contributed by atoms with Crippen molar-refractivity contribution < 1.29 is 4.74 Å². The van der Waals surface area contributed by atoms with Gasteiger partial charge in [0, 0.05) is 25.4 Å². The van der Waals surface area contributed by atoms with Crippen molar-refractivity contribution in [3.63, 3.8) is 0 Å². The number of hydrogen-bond acceptors (Lipinski definition) is 4. The Hall–Kier alpha value is -2.08. The van der Waals surface area contributed by atoms with Gasteiger partial charge in [0.25, 0.3) is 0 Å². The minimum Gasteiger partial charge on any atom is -0.488 e. The maximum absolute atomic E-state index is 5.97. The number of thiazole rings is 1. The molecule has 1 aliphatic rings. The molecule has 2 aromatic rings. The number of aromatic nitrogens is 1. The second-order valence-electron chi connectivity index (χ2n) is 5.96. The molecule has 1 N–H and O–H groups in total. The maximum atomic E-state index is 5.97. The first-order valence-electron chi connectivity index (χ1n) is 8.30. The molecule has 0 radical (unpaired) electrons. The number of nitrogens with one attached hydrogen (secondary N) is 1. The summed E-state index contributed by atoms with van der Waals surface area (Å²) in [6, 6.07) is 8.22. The highest BCUT2D eigenvalue weighted by Crippen LogP contribution is 2.28. The topological polar surface area (TPSA) is 49.8 Å². The van der Waals surface area contributed by atoms with Crippen LogP contribution in [0.2, 0.25) is 0 Å². The van der Waals surface area contributed by atoms with Crippen LogP contribution in [0.15, 0.2) is 34.6 Å². The maximum Gasteiger partial charge on any atom is 0.194 e. The van der Waals surface area contributed by atoms with Crippen molar-refractivity contribution in [1.82, 2.24) is 15.2 Å². The molecular formula is C18H24N4OS. The molecule has 1 aromatic heterocycles. The van der Waals surface area contributed by atoms with Crippen LogP contribution >= 0.6 is 11.3 Å². The van der Waals surface area contributed by atoms with Gasteiger partial charge in [0.1, 0.15) is 11.9 Å². The van der Waals surface area contributed by atoms with Crippen LogP contribution in [0.5, 0.6) is 5.75 Å². The van der Waals surface area contributed by atoms with Gasteiger partial charge in [-0.1, -0.05) is 18.2 Å². The molecule has 0 saturated carbocycles. The van der Waals surface area contributed by atoms with E-state index in [-0.39, 0.29) is 6.10 Å². The van der Waals surface area contributed by atoms with E-state index in [1.165, 1.54) is 5.56 Å². The average Bonchev–Trinajstić information content (AvgIpc) is 3.16. The van der Waals surface area contributed by atoms with Gasteiger partial charge in [0.15, 0.2) is 5.96 Å². The monoisotopic (exact) mass is 344 g/mol. The molecule has 1 aliphatic heterocycles. The summed E-state index contributed by atoms with van der Waals surface area (Å²) in [7, 11) is 2.04. The van der Waals surface area contributed by atoms with Gasteiger partial charge in [0.2, 0.25) is 0 Å².